The Bertz CT molecular complexity index is 173. The molecule has 0 aliphatic carbocycles. The van der Waals surface area contributed by atoms with Gasteiger partial charge in [-0.25, -0.2) is 0 Å². The lowest BCUT2D eigenvalue weighted by molar-refractivity contribution is 1.09. The molecular formula is C14H26. The van der Waals surface area contributed by atoms with Crippen LogP contribution in [0.15, 0.2) is 24.3 Å². The van der Waals surface area contributed by atoms with Crippen molar-refractivity contribution in [1.82, 2.24) is 0 Å². The van der Waals surface area contributed by atoms with E-state index in [0.717, 1.165) is 12.8 Å². The molecule has 0 atom stereocenters. The van der Waals surface area contributed by atoms with Crippen LogP contribution < -0.4 is 0 Å². The molecule has 0 heterocycles. The Hall–Kier alpha value is -0.780. The third-order valence-corrected chi connectivity index (χ3v) is 1.84. The molecule has 0 aliphatic rings. The van der Waals surface area contributed by atoms with Gasteiger partial charge < -0.3 is 0 Å². The molecule has 1 aromatic carbocycles. The number of hydrogen-bond donors (Lipinski definition) is 0. The summed E-state index contributed by atoms with van der Waals surface area (Å²) >= 11 is 0. The van der Waals surface area contributed by atoms with Gasteiger partial charge in [0.1, 0.15) is 0 Å². The fraction of sp³-hybridized carbons (Fsp3) is 0.571. The minimum atomic E-state index is 0. The molecule has 0 radical (unpaired) electrons. The van der Waals surface area contributed by atoms with Crippen molar-refractivity contribution in [3.8, 4) is 0 Å². The summed E-state index contributed by atoms with van der Waals surface area (Å²) in [6, 6.07) is 8.83. The van der Waals surface area contributed by atoms with Crippen molar-refractivity contribution < 1.29 is 0 Å². The Morgan fingerprint density at radius 1 is 0.714 bits per heavy atom. The van der Waals surface area contributed by atoms with Gasteiger partial charge in [0.05, 0.1) is 0 Å². The molecule has 0 saturated heterocycles. The second-order valence-electron chi connectivity index (χ2n) is 3.23. The zero-order valence-electron chi connectivity index (χ0n) is 9.43. The van der Waals surface area contributed by atoms with Crippen LogP contribution in [0.5, 0.6) is 0 Å². The van der Waals surface area contributed by atoms with E-state index in [0.29, 0.717) is 0 Å². The van der Waals surface area contributed by atoms with E-state index in [9.17, 15) is 0 Å². The van der Waals surface area contributed by atoms with Gasteiger partial charge in [-0.3, -0.25) is 0 Å². The molecule has 0 amide bonds. The summed E-state index contributed by atoms with van der Waals surface area (Å²) in [7, 11) is 0. The maximum absolute atomic E-state index is 2.21. The molecule has 0 nitrogen and oxygen atoms in total. The summed E-state index contributed by atoms with van der Waals surface area (Å²) in [5, 5.41) is 0. The lowest BCUT2D eigenvalue weighted by Gasteiger charge is -1.97. The van der Waals surface area contributed by atoms with Crippen molar-refractivity contribution in [2.24, 2.45) is 0 Å². The van der Waals surface area contributed by atoms with E-state index in [2.05, 4.69) is 52.0 Å². The van der Waals surface area contributed by atoms with E-state index >= 15 is 0 Å². The predicted molar refractivity (Wildman–Crippen MR) is 67.9 cm³/mol. The molecule has 0 fully saturated rings. The molecule has 0 spiro atoms. The molecule has 0 saturated carbocycles. The largest absolute Gasteiger partial charge is 0.0776 e. The van der Waals surface area contributed by atoms with Crippen molar-refractivity contribution in [2.75, 3.05) is 0 Å². The average molecular weight is 194 g/mol. The first-order valence-electron chi connectivity index (χ1n) is 5.36. The molecule has 14 heavy (non-hydrogen) atoms. The van der Waals surface area contributed by atoms with Crippen LogP contribution in [-0.2, 0) is 12.8 Å². The van der Waals surface area contributed by atoms with E-state index in [-0.39, 0.29) is 7.43 Å². The quantitative estimate of drug-likeness (QED) is 0.630. The Kier molecular flexibility index (Phi) is 11.5. The van der Waals surface area contributed by atoms with Crippen LogP contribution in [0.1, 0.15) is 52.7 Å². The monoisotopic (exact) mass is 194 g/mol. The van der Waals surface area contributed by atoms with Gasteiger partial charge in [-0.1, -0.05) is 65.8 Å². The van der Waals surface area contributed by atoms with Gasteiger partial charge in [-0.05, 0) is 24.0 Å². The summed E-state index contributed by atoms with van der Waals surface area (Å²) in [5.74, 6) is 0. The summed E-state index contributed by atoms with van der Waals surface area (Å²) in [6.45, 7) is 8.61. The van der Waals surface area contributed by atoms with E-state index in [1.54, 1.807) is 0 Å². The fourth-order valence-electron chi connectivity index (χ4n) is 1.01. The van der Waals surface area contributed by atoms with Gasteiger partial charge in [0, 0.05) is 0 Å². The number of aryl methyl sites for hydroxylation is 2. The molecule has 0 unspecified atom stereocenters. The topological polar surface area (TPSA) is 0 Å². The molecule has 0 aliphatic heterocycles. The SMILES string of the molecule is C.CCC.CCc1ccc(CC)cc1. The number of benzene rings is 1. The van der Waals surface area contributed by atoms with Gasteiger partial charge in [-0.2, -0.15) is 0 Å². The Labute approximate surface area is 90.4 Å². The minimum absolute atomic E-state index is 0. The van der Waals surface area contributed by atoms with Crippen LogP contribution in [0, 0.1) is 0 Å². The summed E-state index contributed by atoms with van der Waals surface area (Å²) in [5.41, 5.74) is 2.86. The first kappa shape index (κ1) is 15.7. The zero-order valence-corrected chi connectivity index (χ0v) is 9.43. The van der Waals surface area contributed by atoms with Crippen LogP contribution >= 0.6 is 0 Å². The second-order valence-corrected chi connectivity index (χ2v) is 3.23. The van der Waals surface area contributed by atoms with E-state index in [1.165, 1.54) is 17.5 Å². The zero-order chi connectivity index (χ0) is 10.1. The maximum Gasteiger partial charge on any atom is -0.0307 e. The van der Waals surface area contributed by atoms with E-state index in [1.807, 2.05) is 0 Å². The maximum atomic E-state index is 2.21. The first-order chi connectivity index (χ1) is 6.28. The van der Waals surface area contributed by atoms with Gasteiger partial charge in [-0.15, -0.1) is 0 Å². The Morgan fingerprint density at radius 3 is 1.07 bits per heavy atom. The molecule has 0 N–H and O–H groups in total. The van der Waals surface area contributed by atoms with Crippen LogP contribution in [0.3, 0.4) is 0 Å². The molecule has 0 heteroatoms. The van der Waals surface area contributed by atoms with Crippen LogP contribution in [0.25, 0.3) is 0 Å². The molecule has 82 valence electrons. The second kappa shape index (κ2) is 10.3. The summed E-state index contributed by atoms with van der Waals surface area (Å²) in [4.78, 5) is 0. The Morgan fingerprint density at radius 2 is 0.929 bits per heavy atom. The highest BCUT2D eigenvalue weighted by molar-refractivity contribution is 5.22. The third kappa shape index (κ3) is 6.71. The van der Waals surface area contributed by atoms with Crippen molar-refractivity contribution in [2.45, 2.75) is 54.4 Å². The van der Waals surface area contributed by atoms with Gasteiger partial charge in [0.25, 0.3) is 0 Å². The van der Waals surface area contributed by atoms with Gasteiger partial charge in [0.2, 0.25) is 0 Å². The number of hydrogen-bond acceptors (Lipinski definition) is 0. The Balaban J connectivity index is 0. The van der Waals surface area contributed by atoms with Crippen LogP contribution in [0.4, 0.5) is 0 Å². The van der Waals surface area contributed by atoms with Crippen molar-refractivity contribution >= 4 is 0 Å². The van der Waals surface area contributed by atoms with Gasteiger partial charge >= 0.3 is 0 Å². The third-order valence-electron chi connectivity index (χ3n) is 1.84. The molecule has 1 aromatic rings. The molecule has 0 bridgehead atoms. The normalized spacial score (nSPS) is 8.29. The molecular weight excluding hydrogens is 168 g/mol. The number of rotatable bonds is 2. The molecule has 0 aromatic heterocycles. The van der Waals surface area contributed by atoms with Gasteiger partial charge in [0.15, 0.2) is 0 Å². The highest BCUT2D eigenvalue weighted by Crippen LogP contribution is 2.04. The predicted octanol–water partition coefficient (Wildman–Crippen LogP) is 4.86. The highest BCUT2D eigenvalue weighted by Gasteiger charge is 1.88. The lowest BCUT2D eigenvalue weighted by Crippen LogP contribution is -1.81. The van der Waals surface area contributed by atoms with Crippen LogP contribution in [-0.4, -0.2) is 0 Å². The summed E-state index contributed by atoms with van der Waals surface area (Å²) in [6.07, 6.45) is 3.54. The van der Waals surface area contributed by atoms with E-state index < -0.39 is 0 Å². The molecule has 1 rings (SSSR count). The standard InChI is InChI=1S/C10H14.C3H8.CH4/c1-3-9-5-7-10(4-2)8-6-9;1-3-2;/h5-8H,3-4H2,1-2H3;3H2,1-2H3;1H4. The fourth-order valence-corrected chi connectivity index (χ4v) is 1.01. The minimum Gasteiger partial charge on any atom is -0.0776 e. The first-order valence-corrected chi connectivity index (χ1v) is 5.36. The highest BCUT2D eigenvalue weighted by atomic mass is 13.9. The smallest absolute Gasteiger partial charge is 0.0307 e. The average Bonchev–Trinajstić information content (AvgIpc) is 2.19. The van der Waals surface area contributed by atoms with Crippen LogP contribution in [0.2, 0.25) is 0 Å². The van der Waals surface area contributed by atoms with Crippen molar-refractivity contribution in [1.29, 1.82) is 0 Å². The summed E-state index contributed by atoms with van der Waals surface area (Å²) < 4.78 is 0. The lowest BCUT2D eigenvalue weighted by atomic mass is 10.1. The van der Waals surface area contributed by atoms with E-state index in [4.69, 9.17) is 0 Å². The van der Waals surface area contributed by atoms with Crippen molar-refractivity contribution in [3.63, 3.8) is 0 Å². The van der Waals surface area contributed by atoms with Crippen molar-refractivity contribution in [3.05, 3.63) is 35.4 Å².